The summed E-state index contributed by atoms with van der Waals surface area (Å²) >= 11 is 0. The predicted octanol–water partition coefficient (Wildman–Crippen LogP) is 2.58. The van der Waals surface area contributed by atoms with Gasteiger partial charge >= 0.3 is 6.09 Å². The van der Waals surface area contributed by atoms with Crippen LogP contribution in [0.5, 0.6) is 5.75 Å². The number of phenolic OH excluding ortho intramolecular Hbond substituents is 1. The maximum Gasteiger partial charge on any atom is 0.410 e. The molecule has 7 heteroatoms. The molecule has 3 N–H and O–H groups in total. The number of ether oxygens (including phenoxy) is 1. The highest BCUT2D eigenvalue weighted by Gasteiger charge is 2.24. The standard InChI is InChI=1S/C16H24N4O3/c1-10(19(5)15(22)23-16(2,3)4)9-20-13-8-11(21)6-7-12(13)14(17)18-20/h6-8,10,21H,9H2,1-5H3,(H2,17,18). The molecule has 23 heavy (non-hydrogen) atoms. The van der Waals surface area contributed by atoms with Crippen molar-refractivity contribution in [3.05, 3.63) is 18.2 Å². The molecule has 1 unspecified atom stereocenters. The normalized spacial score (nSPS) is 13.1. The van der Waals surface area contributed by atoms with Crippen molar-refractivity contribution < 1.29 is 14.6 Å². The molecule has 0 aliphatic heterocycles. The number of anilines is 1. The van der Waals surface area contributed by atoms with E-state index in [-0.39, 0.29) is 11.8 Å². The summed E-state index contributed by atoms with van der Waals surface area (Å²) in [5.74, 6) is 0.541. The van der Waals surface area contributed by atoms with E-state index in [0.717, 1.165) is 10.9 Å². The molecule has 0 aliphatic rings. The minimum Gasteiger partial charge on any atom is -0.508 e. The van der Waals surface area contributed by atoms with Gasteiger partial charge in [0, 0.05) is 18.5 Å². The Morgan fingerprint density at radius 1 is 1.48 bits per heavy atom. The summed E-state index contributed by atoms with van der Waals surface area (Å²) in [4.78, 5) is 13.6. The number of carbonyl (C=O) groups is 1. The molecular formula is C16H24N4O3. The van der Waals surface area contributed by atoms with Crippen molar-refractivity contribution in [2.75, 3.05) is 12.8 Å². The average molecular weight is 320 g/mol. The first-order valence-corrected chi connectivity index (χ1v) is 7.49. The molecule has 1 atom stereocenters. The predicted molar refractivity (Wildman–Crippen MR) is 89.3 cm³/mol. The van der Waals surface area contributed by atoms with E-state index in [1.54, 1.807) is 29.9 Å². The SMILES string of the molecule is CC(Cn1nc(N)c2ccc(O)cc21)N(C)C(=O)OC(C)(C)C. The number of aromatic nitrogens is 2. The summed E-state index contributed by atoms with van der Waals surface area (Å²) in [5, 5.41) is 14.7. The minimum atomic E-state index is -0.542. The second-order valence-corrected chi connectivity index (χ2v) is 6.71. The zero-order chi connectivity index (χ0) is 17.4. The second kappa shape index (κ2) is 5.98. The summed E-state index contributed by atoms with van der Waals surface area (Å²) in [6, 6.07) is 4.75. The number of nitrogens with zero attached hydrogens (tertiary/aromatic N) is 3. The highest BCUT2D eigenvalue weighted by Crippen LogP contribution is 2.25. The van der Waals surface area contributed by atoms with Gasteiger partial charge in [-0.1, -0.05) is 0 Å². The van der Waals surface area contributed by atoms with E-state index in [1.165, 1.54) is 4.90 Å². The summed E-state index contributed by atoms with van der Waals surface area (Å²) in [5.41, 5.74) is 6.09. The van der Waals surface area contributed by atoms with E-state index in [2.05, 4.69) is 5.10 Å². The van der Waals surface area contributed by atoms with Crippen LogP contribution in [0.4, 0.5) is 10.6 Å². The molecule has 0 spiro atoms. The molecule has 0 radical (unpaired) electrons. The maximum atomic E-state index is 12.1. The van der Waals surface area contributed by atoms with Crippen molar-refractivity contribution >= 4 is 22.8 Å². The molecule has 1 heterocycles. The first kappa shape index (κ1) is 16.9. The molecule has 2 aromatic rings. The van der Waals surface area contributed by atoms with Gasteiger partial charge in [-0.05, 0) is 39.8 Å². The van der Waals surface area contributed by atoms with Gasteiger partial charge in [-0.15, -0.1) is 0 Å². The third kappa shape index (κ3) is 3.85. The maximum absolute atomic E-state index is 12.1. The number of hydrogen-bond donors (Lipinski definition) is 2. The summed E-state index contributed by atoms with van der Waals surface area (Å²) < 4.78 is 7.05. The Hall–Kier alpha value is -2.44. The monoisotopic (exact) mass is 320 g/mol. The fraction of sp³-hybridized carbons (Fsp3) is 0.500. The lowest BCUT2D eigenvalue weighted by Crippen LogP contribution is -2.41. The molecule has 1 aromatic carbocycles. The number of benzene rings is 1. The van der Waals surface area contributed by atoms with E-state index >= 15 is 0 Å². The van der Waals surface area contributed by atoms with Gasteiger partial charge in [0.1, 0.15) is 11.4 Å². The van der Waals surface area contributed by atoms with Crippen LogP contribution in [0.25, 0.3) is 10.9 Å². The number of fused-ring (bicyclic) bond motifs is 1. The third-order valence-corrected chi connectivity index (χ3v) is 3.54. The Kier molecular flexibility index (Phi) is 4.40. The lowest BCUT2D eigenvalue weighted by atomic mass is 10.2. The zero-order valence-corrected chi connectivity index (χ0v) is 14.2. The van der Waals surface area contributed by atoms with E-state index in [9.17, 15) is 9.90 Å². The van der Waals surface area contributed by atoms with Crippen molar-refractivity contribution in [1.29, 1.82) is 0 Å². The van der Waals surface area contributed by atoms with Crippen molar-refractivity contribution in [3.63, 3.8) is 0 Å². The van der Waals surface area contributed by atoms with Crippen LogP contribution >= 0.6 is 0 Å². The first-order valence-electron chi connectivity index (χ1n) is 7.49. The van der Waals surface area contributed by atoms with Crippen LogP contribution in [0, 0.1) is 0 Å². The molecule has 0 bridgehead atoms. The Morgan fingerprint density at radius 3 is 2.74 bits per heavy atom. The van der Waals surface area contributed by atoms with Crippen LogP contribution < -0.4 is 5.73 Å². The Morgan fingerprint density at radius 2 is 2.13 bits per heavy atom. The zero-order valence-electron chi connectivity index (χ0n) is 14.2. The number of nitrogen functional groups attached to an aromatic ring is 1. The smallest absolute Gasteiger partial charge is 0.410 e. The Bertz CT molecular complexity index is 718. The number of aromatic hydroxyl groups is 1. The van der Waals surface area contributed by atoms with Crippen LogP contribution in [0.3, 0.4) is 0 Å². The van der Waals surface area contributed by atoms with E-state index in [1.807, 2.05) is 27.7 Å². The van der Waals surface area contributed by atoms with Gasteiger partial charge in [0.2, 0.25) is 0 Å². The fourth-order valence-electron chi connectivity index (χ4n) is 2.21. The quantitative estimate of drug-likeness (QED) is 0.906. The molecule has 2 rings (SSSR count). The molecule has 0 aliphatic carbocycles. The first-order chi connectivity index (χ1) is 10.6. The van der Waals surface area contributed by atoms with Gasteiger partial charge < -0.3 is 20.5 Å². The highest BCUT2D eigenvalue weighted by molar-refractivity contribution is 5.90. The largest absolute Gasteiger partial charge is 0.508 e. The second-order valence-electron chi connectivity index (χ2n) is 6.71. The topological polar surface area (TPSA) is 93.6 Å². The van der Waals surface area contributed by atoms with Crippen molar-refractivity contribution in [1.82, 2.24) is 14.7 Å². The van der Waals surface area contributed by atoms with Gasteiger partial charge in [-0.2, -0.15) is 5.10 Å². The van der Waals surface area contributed by atoms with Crippen molar-refractivity contribution in [2.45, 2.75) is 45.9 Å². The Labute approximate surface area is 135 Å². The minimum absolute atomic E-state index is 0.145. The number of amides is 1. The van der Waals surface area contributed by atoms with E-state index in [4.69, 9.17) is 10.5 Å². The van der Waals surface area contributed by atoms with E-state index in [0.29, 0.717) is 12.4 Å². The number of carbonyl (C=O) groups excluding carboxylic acids is 1. The summed E-state index contributed by atoms with van der Waals surface area (Å²) in [6.45, 7) is 7.82. The molecule has 0 fully saturated rings. The number of likely N-dealkylation sites (N-methyl/N-ethyl adjacent to an activating group) is 1. The number of rotatable bonds is 3. The number of hydrogen-bond acceptors (Lipinski definition) is 5. The van der Waals surface area contributed by atoms with Gasteiger partial charge in [0.05, 0.1) is 18.1 Å². The molecule has 0 saturated carbocycles. The molecule has 126 valence electrons. The Balaban J connectivity index is 2.18. The lowest BCUT2D eigenvalue weighted by Gasteiger charge is -2.28. The summed E-state index contributed by atoms with van der Waals surface area (Å²) in [6.07, 6.45) is -0.391. The third-order valence-electron chi connectivity index (χ3n) is 3.54. The van der Waals surface area contributed by atoms with Gasteiger partial charge in [-0.25, -0.2) is 4.79 Å². The van der Waals surface area contributed by atoms with Crippen LogP contribution in [-0.4, -0.2) is 44.6 Å². The average Bonchev–Trinajstić information content (AvgIpc) is 2.72. The molecule has 1 amide bonds. The van der Waals surface area contributed by atoms with Crippen LogP contribution in [0.1, 0.15) is 27.7 Å². The van der Waals surface area contributed by atoms with Crippen LogP contribution in [-0.2, 0) is 11.3 Å². The van der Waals surface area contributed by atoms with Gasteiger partial charge in [0.15, 0.2) is 5.82 Å². The van der Waals surface area contributed by atoms with E-state index < -0.39 is 11.7 Å². The molecule has 0 saturated heterocycles. The number of nitrogens with two attached hydrogens (primary N) is 1. The van der Waals surface area contributed by atoms with Crippen molar-refractivity contribution in [3.8, 4) is 5.75 Å². The number of phenols is 1. The van der Waals surface area contributed by atoms with Gasteiger partial charge in [0.25, 0.3) is 0 Å². The van der Waals surface area contributed by atoms with Gasteiger partial charge in [-0.3, -0.25) is 4.68 Å². The lowest BCUT2D eigenvalue weighted by molar-refractivity contribution is 0.0221. The highest BCUT2D eigenvalue weighted by atomic mass is 16.6. The summed E-state index contributed by atoms with van der Waals surface area (Å²) in [7, 11) is 1.69. The van der Waals surface area contributed by atoms with Crippen molar-refractivity contribution in [2.24, 2.45) is 0 Å². The van der Waals surface area contributed by atoms with Crippen LogP contribution in [0.2, 0.25) is 0 Å². The fourth-order valence-corrected chi connectivity index (χ4v) is 2.21. The molecule has 7 nitrogen and oxygen atoms in total. The molecule has 1 aromatic heterocycles. The van der Waals surface area contributed by atoms with Crippen LogP contribution in [0.15, 0.2) is 18.2 Å². The molecular weight excluding hydrogens is 296 g/mol.